The Balaban J connectivity index is 2.03. The van der Waals surface area contributed by atoms with Gasteiger partial charge in [0, 0.05) is 10.7 Å². The summed E-state index contributed by atoms with van der Waals surface area (Å²) >= 11 is 3.56. The maximum Gasteiger partial charge on any atom is 0.0995 e. The highest BCUT2D eigenvalue weighted by molar-refractivity contribution is 9.10. The lowest BCUT2D eigenvalue weighted by Gasteiger charge is -2.11. The molecule has 0 bridgehead atoms. The largest absolute Gasteiger partial charge is 0.306 e. The Morgan fingerprint density at radius 3 is 2.60 bits per heavy atom. The third kappa shape index (κ3) is 2.83. The van der Waals surface area contributed by atoms with Gasteiger partial charge in [0.15, 0.2) is 0 Å². The van der Waals surface area contributed by atoms with E-state index < -0.39 is 0 Å². The van der Waals surface area contributed by atoms with Crippen LogP contribution in [0.25, 0.3) is 5.69 Å². The number of benzene rings is 2. The molecule has 0 saturated carbocycles. The minimum absolute atomic E-state index is 0.910. The average molecular weight is 327 g/mol. The third-order valence-corrected chi connectivity index (χ3v) is 3.76. The topological polar surface area (TPSA) is 17.8 Å². The molecule has 0 aliphatic carbocycles. The molecule has 0 aliphatic rings. The molecule has 1 heterocycles. The average Bonchev–Trinajstić information content (AvgIpc) is 2.86. The molecular formula is C17H15BrN2. The lowest BCUT2D eigenvalue weighted by Crippen LogP contribution is -1.98. The molecule has 1 aromatic heterocycles. The molecule has 0 saturated heterocycles. The van der Waals surface area contributed by atoms with Crippen molar-refractivity contribution in [1.29, 1.82) is 0 Å². The molecule has 0 spiro atoms. The highest BCUT2D eigenvalue weighted by Crippen LogP contribution is 2.23. The van der Waals surface area contributed by atoms with E-state index in [1.807, 2.05) is 19.3 Å². The summed E-state index contributed by atoms with van der Waals surface area (Å²) in [5.41, 5.74) is 4.79. The van der Waals surface area contributed by atoms with E-state index in [9.17, 15) is 0 Å². The van der Waals surface area contributed by atoms with Gasteiger partial charge < -0.3 is 4.57 Å². The van der Waals surface area contributed by atoms with E-state index in [-0.39, 0.29) is 0 Å². The van der Waals surface area contributed by atoms with Crippen LogP contribution in [0.15, 0.2) is 65.5 Å². The molecule has 20 heavy (non-hydrogen) atoms. The van der Waals surface area contributed by atoms with Gasteiger partial charge in [-0.1, -0.05) is 46.3 Å². The van der Waals surface area contributed by atoms with E-state index in [0.29, 0.717) is 0 Å². The second-order valence-electron chi connectivity index (χ2n) is 4.86. The predicted octanol–water partition coefficient (Wildman–Crippen LogP) is 4.53. The van der Waals surface area contributed by atoms with Crippen LogP contribution in [0.1, 0.15) is 16.8 Å². The van der Waals surface area contributed by atoms with E-state index in [4.69, 9.17) is 0 Å². The SMILES string of the molecule is Cc1cn(-c2ccc(Br)cc2Cc2ccccc2)cn1. The molecule has 2 aromatic carbocycles. The van der Waals surface area contributed by atoms with Gasteiger partial charge in [-0.3, -0.25) is 0 Å². The lowest BCUT2D eigenvalue weighted by atomic mass is 10.0. The smallest absolute Gasteiger partial charge is 0.0995 e. The van der Waals surface area contributed by atoms with Crippen LogP contribution in [0.4, 0.5) is 0 Å². The number of halogens is 1. The van der Waals surface area contributed by atoms with Crippen LogP contribution in [0.3, 0.4) is 0 Å². The quantitative estimate of drug-likeness (QED) is 0.691. The van der Waals surface area contributed by atoms with E-state index in [2.05, 4.69) is 74.1 Å². The first-order chi connectivity index (χ1) is 9.72. The third-order valence-electron chi connectivity index (χ3n) is 3.27. The number of aromatic nitrogens is 2. The van der Waals surface area contributed by atoms with Crippen molar-refractivity contribution in [1.82, 2.24) is 9.55 Å². The van der Waals surface area contributed by atoms with Crippen LogP contribution in [0.5, 0.6) is 0 Å². The Hall–Kier alpha value is -1.87. The Morgan fingerprint density at radius 1 is 1.10 bits per heavy atom. The molecule has 0 N–H and O–H groups in total. The van der Waals surface area contributed by atoms with Crippen LogP contribution < -0.4 is 0 Å². The second kappa shape index (κ2) is 5.63. The molecule has 0 radical (unpaired) electrons. The summed E-state index contributed by atoms with van der Waals surface area (Å²) in [6.07, 6.45) is 4.83. The molecule has 100 valence electrons. The van der Waals surface area contributed by atoms with Gasteiger partial charge >= 0.3 is 0 Å². The number of imidazole rings is 1. The molecule has 0 aliphatic heterocycles. The number of rotatable bonds is 3. The van der Waals surface area contributed by atoms with Gasteiger partial charge in [-0.05, 0) is 42.7 Å². The van der Waals surface area contributed by atoms with Crippen molar-refractivity contribution in [2.75, 3.05) is 0 Å². The Bertz CT molecular complexity index is 717. The summed E-state index contributed by atoms with van der Waals surface area (Å²) in [6, 6.07) is 16.9. The highest BCUT2D eigenvalue weighted by atomic mass is 79.9. The van der Waals surface area contributed by atoms with Crippen LogP contribution in [-0.2, 0) is 6.42 Å². The van der Waals surface area contributed by atoms with E-state index in [1.165, 1.54) is 16.8 Å². The van der Waals surface area contributed by atoms with Crippen molar-refractivity contribution in [3.05, 3.63) is 82.3 Å². The molecule has 0 unspecified atom stereocenters. The van der Waals surface area contributed by atoms with E-state index >= 15 is 0 Å². The summed E-state index contributed by atoms with van der Waals surface area (Å²) < 4.78 is 3.18. The van der Waals surface area contributed by atoms with Gasteiger partial charge in [0.1, 0.15) is 0 Å². The number of aryl methyl sites for hydroxylation is 1. The molecular weight excluding hydrogens is 312 g/mol. The van der Waals surface area contributed by atoms with Crippen molar-refractivity contribution in [3.8, 4) is 5.69 Å². The Kier molecular flexibility index (Phi) is 3.70. The first-order valence-electron chi connectivity index (χ1n) is 6.56. The first-order valence-corrected chi connectivity index (χ1v) is 7.35. The first kappa shape index (κ1) is 13.1. The monoisotopic (exact) mass is 326 g/mol. The minimum Gasteiger partial charge on any atom is -0.306 e. The molecule has 3 aromatic rings. The zero-order valence-corrected chi connectivity index (χ0v) is 12.8. The number of nitrogens with zero attached hydrogens (tertiary/aromatic N) is 2. The molecule has 0 amide bonds. The highest BCUT2D eigenvalue weighted by Gasteiger charge is 2.07. The van der Waals surface area contributed by atoms with Gasteiger partial charge in [-0.2, -0.15) is 0 Å². The molecule has 0 fully saturated rings. The maximum atomic E-state index is 4.31. The van der Waals surface area contributed by atoms with Gasteiger partial charge in [-0.25, -0.2) is 4.98 Å². The summed E-state index contributed by atoms with van der Waals surface area (Å²) in [5.74, 6) is 0. The minimum atomic E-state index is 0.910. The second-order valence-corrected chi connectivity index (χ2v) is 5.77. The summed E-state index contributed by atoms with van der Waals surface area (Å²) in [6.45, 7) is 2.01. The predicted molar refractivity (Wildman–Crippen MR) is 85.2 cm³/mol. The molecule has 2 nitrogen and oxygen atoms in total. The van der Waals surface area contributed by atoms with E-state index in [0.717, 1.165) is 16.6 Å². The molecule has 3 rings (SSSR count). The van der Waals surface area contributed by atoms with Crippen LogP contribution in [0.2, 0.25) is 0 Å². The van der Waals surface area contributed by atoms with Gasteiger partial charge in [0.25, 0.3) is 0 Å². The van der Waals surface area contributed by atoms with Crippen molar-refractivity contribution >= 4 is 15.9 Å². The van der Waals surface area contributed by atoms with Crippen molar-refractivity contribution in [3.63, 3.8) is 0 Å². The van der Waals surface area contributed by atoms with Crippen molar-refractivity contribution < 1.29 is 0 Å². The lowest BCUT2D eigenvalue weighted by molar-refractivity contribution is 1.01. The van der Waals surface area contributed by atoms with E-state index in [1.54, 1.807) is 0 Å². The molecule has 0 atom stereocenters. The van der Waals surface area contributed by atoms with Gasteiger partial charge in [0.05, 0.1) is 17.7 Å². The Morgan fingerprint density at radius 2 is 1.90 bits per heavy atom. The number of hydrogen-bond donors (Lipinski definition) is 0. The van der Waals surface area contributed by atoms with Crippen LogP contribution in [0, 0.1) is 6.92 Å². The van der Waals surface area contributed by atoms with Gasteiger partial charge in [-0.15, -0.1) is 0 Å². The normalized spacial score (nSPS) is 10.7. The number of hydrogen-bond acceptors (Lipinski definition) is 1. The standard InChI is InChI=1S/C17H15BrN2/c1-13-11-20(12-19-13)17-8-7-16(18)10-15(17)9-14-5-3-2-4-6-14/h2-8,10-12H,9H2,1H3. The fraction of sp³-hybridized carbons (Fsp3) is 0.118. The van der Waals surface area contributed by atoms with Crippen LogP contribution >= 0.6 is 15.9 Å². The van der Waals surface area contributed by atoms with Gasteiger partial charge in [0.2, 0.25) is 0 Å². The Labute approximate surface area is 127 Å². The molecule has 3 heteroatoms. The van der Waals surface area contributed by atoms with Crippen LogP contribution in [-0.4, -0.2) is 9.55 Å². The van der Waals surface area contributed by atoms with Crippen molar-refractivity contribution in [2.45, 2.75) is 13.3 Å². The van der Waals surface area contributed by atoms with Crippen molar-refractivity contribution in [2.24, 2.45) is 0 Å². The fourth-order valence-electron chi connectivity index (χ4n) is 2.32. The summed E-state index contributed by atoms with van der Waals surface area (Å²) in [4.78, 5) is 4.31. The fourth-order valence-corrected chi connectivity index (χ4v) is 2.72. The zero-order chi connectivity index (χ0) is 13.9. The zero-order valence-electron chi connectivity index (χ0n) is 11.3. The summed E-state index contributed by atoms with van der Waals surface area (Å²) in [5, 5.41) is 0. The summed E-state index contributed by atoms with van der Waals surface area (Å²) in [7, 11) is 0. The maximum absolute atomic E-state index is 4.31.